The highest BCUT2D eigenvalue weighted by atomic mass is 79.9. The summed E-state index contributed by atoms with van der Waals surface area (Å²) in [5.41, 5.74) is 1.17. The smallest absolute Gasteiger partial charge is 0.151 e. The molecule has 1 atom stereocenters. The van der Waals surface area contributed by atoms with E-state index < -0.39 is 0 Å². The van der Waals surface area contributed by atoms with Crippen LogP contribution in [0, 0.1) is 0 Å². The third kappa shape index (κ3) is 4.20. The van der Waals surface area contributed by atoms with Crippen molar-refractivity contribution in [3.63, 3.8) is 0 Å². The zero-order chi connectivity index (χ0) is 16.1. The van der Waals surface area contributed by atoms with E-state index in [-0.39, 0.29) is 0 Å². The van der Waals surface area contributed by atoms with E-state index in [0.717, 1.165) is 42.1 Å². The number of piperidine rings is 1. The Bertz CT molecular complexity index is 638. The van der Waals surface area contributed by atoms with Crippen LogP contribution in [-0.2, 0) is 6.54 Å². The van der Waals surface area contributed by atoms with Crippen molar-refractivity contribution in [3.8, 4) is 5.75 Å². The first kappa shape index (κ1) is 16.2. The Morgan fingerprint density at radius 1 is 1.39 bits per heavy atom. The Kier molecular flexibility index (Phi) is 5.46. The number of ether oxygens (including phenoxy) is 1. The van der Waals surface area contributed by atoms with E-state index in [2.05, 4.69) is 42.4 Å². The van der Waals surface area contributed by atoms with Crippen LogP contribution in [0.3, 0.4) is 0 Å². The molecule has 1 N–H and O–H groups in total. The maximum absolute atomic E-state index is 5.44. The predicted molar refractivity (Wildman–Crippen MR) is 94.8 cm³/mol. The second-order valence-corrected chi connectivity index (χ2v) is 6.62. The highest BCUT2D eigenvalue weighted by molar-refractivity contribution is 9.10. The molecule has 6 heteroatoms. The van der Waals surface area contributed by atoms with Gasteiger partial charge in [0.2, 0.25) is 0 Å². The molecule has 1 fully saturated rings. The van der Waals surface area contributed by atoms with Gasteiger partial charge in [-0.05, 0) is 43.2 Å². The molecule has 0 spiro atoms. The van der Waals surface area contributed by atoms with Crippen LogP contribution in [0.15, 0.2) is 41.0 Å². The van der Waals surface area contributed by atoms with E-state index >= 15 is 0 Å². The van der Waals surface area contributed by atoms with Gasteiger partial charge in [-0.1, -0.05) is 15.9 Å². The highest BCUT2D eigenvalue weighted by Gasteiger charge is 2.21. The van der Waals surface area contributed by atoms with Crippen molar-refractivity contribution in [2.45, 2.75) is 25.4 Å². The largest absolute Gasteiger partial charge is 0.496 e. The molecule has 0 saturated carbocycles. The van der Waals surface area contributed by atoms with Crippen LogP contribution in [0.5, 0.6) is 5.75 Å². The van der Waals surface area contributed by atoms with Crippen molar-refractivity contribution < 1.29 is 4.74 Å². The van der Waals surface area contributed by atoms with E-state index in [4.69, 9.17) is 4.74 Å². The van der Waals surface area contributed by atoms with Crippen LogP contribution in [0.1, 0.15) is 18.4 Å². The summed E-state index contributed by atoms with van der Waals surface area (Å²) in [6, 6.07) is 10.5. The lowest BCUT2D eigenvalue weighted by Crippen LogP contribution is -2.45. The van der Waals surface area contributed by atoms with E-state index in [9.17, 15) is 0 Å². The molecule has 0 radical (unpaired) electrons. The van der Waals surface area contributed by atoms with Crippen LogP contribution < -0.4 is 15.0 Å². The van der Waals surface area contributed by atoms with Gasteiger partial charge in [0.1, 0.15) is 5.75 Å². The number of benzene rings is 1. The molecule has 1 aliphatic heterocycles. The number of nitrogens with zero attached hydrogens (tertiary/aromatic N) is 3. The fraction of sp³-hybridized carbons (Fsp3) is 0.412. The van der Waals surface area contributed by atoms with Crippen LogP contribution in [-0.4, -0.2) is 36.4 Å². The molecule has 122 valence electrons. The lowest BCUT2D eigenvalue weighted by Gasteiger charge is -2.33. The normalized spacial score (nSPS) is 18.0. The quantitative estimate of drug-likeness (QED) is 0.868. The molecule has 1 saturated heterocycles. The Hall–Kier alpha value is -1.66. The van der Waals surface area contributed by atoms with E-state index in [0.29, 0.717) is 6.04 Å². The third-order valence-electron chi connectivity index (χ3n) is 4.13. The first-order valence-corrected chi connectivity index (χ1v) is 8.64. The molecular formula is C17H21BrN4O. The first-order chi connectivity index (χ1) is 11.3. The van der Waals surface area contributed by atoms with Crippen LogP contribution in [0.4, 0.5) is 5.82 Å². The maximum atomic E-state index is 5.44. The van der Waals surface area contributed by atoms with Crippen molar-refractivity contribution in [2.24, 2.45) is 0 Å². The molecule has 23 heavy (non-hydrogen) atoms. The number of methoxy groups -OCH3 is 1. The minimum atomic E-state index is 0.439. The fourth-order valence-electron chi connectivity index (χ4n) is 2.95. The van der Waals surface area contributed by atoms with E-state index in [1.54, 1.807) is 13.3 Å². The van der Waals surface area contributed by atoms with E-state index in [1.807, 2.05) is 24.3 Å². The van der Waals surface area contributed by atoms with Crippen molar-refractivity contribution in [1.29, 1.82) is 0 Å². The summed E-state index contributed by atoms with van der Waals surface area (Å²) in [5, 5.41) is 11.8. The average Bonchev–Trinajstić information content (AvgIpc) is 2.61. The molecule has 0 unspecified atom stereocenters. The Labute approximate surface area is 145 Å². The number of hydrogen-bond donors (Lipinski definition) is 1. The van der Waals surface area contributed by atoms with Crippen molar-refractivity contribution >= 4 is 21.7 Å². The van der Waals surface area contributed by atoms with E-state index in [1.165, 1.54) is 12.0 Å². The maximum Gasteiger partial charge on any atom is 0.151 e. The molecular weight excluding hydrogens is 356 g/mol. The topological polar surface area (TPSA) is 50.3 Å². The summed E-state index contributed by atoms with van der Waals surface area (Å²) in [6.07, 6.45) is 4.04. The number of hydrogen-bond acceptors (Lipinski definition) is 5. The van der Waals surface area contributed by atoms with Crippen molar-refractivity contribution in [1.82, 2.24) is 15.5 Å². The first-order valence-electron chi connectivity index (χ1n) is 7.84. The highest BCUT2D eigenvalue weighted by Crippen LogP contribution is 2.23. The zero-order valence-electron chi connectivity index (χ0n) is 13.2. The minimum Gasteiger partial charge on any atom is -0.496 e. The van der Waals surface area contributed by atoms with Crippen LogP contribution in [0.25, 0.3) is 0 Å². The predicted octanol–water partition coefficient (Wildman–Crippen LogP) is 3.01. The summed E-state index contributed by atoms with van der Waals surface area (Å²) in [5.74, 6) is 1.88. The molecule has 1 aromatic carbocycles. The fourth-order valence-corrected chi connectivity index (χ4v) is 3.36. The SMILES string of the molecule is COc1ccc(Br)cc1CN[C@@H]1CCCN(c2cccnn2)C1. The van der Waals surface area contributed by atoms with Gasteiger partial charge in [-0.3, -0.25) is 0 Å². The van der Waals surface area contributed by atoms with Crippen LogP contribution in [0.2, 0.25) is 0 Å². The number of halogens is 1. The van der Waals surface area contributed by atoms with Gasteiger partial charge >= 0.3 is 0 Å². The summed E-state index contributed by atoms with van der Waals surface area (Å²) >= 11 is 3.52. The molecule has 5 nitrogen and oxygen atoms in total. The standard InChI is InChI=1S/C17H21BrN4O/c1-23-16-7-6-14(18)10-13(16)11-19-15-4-3-9-22(12-15)17-5-2-8-20-21-17/h2,5-8,10,15,19H,3-4,9,11-12H2,1H3/t15-/m1/s1. The molecule has 1 aromatic heterocycles. The number of rotatable bonds is 5. The van der Waals surface area contributed by atoms with Gasteiger partial charge in [-0.15, -0.1) is 5.10 Å². The minimum absolute atomic E-state index is 0.439. The summed E-state index contributed by atoms with van der Waals surface area (Å²) in [7, 11) is 1.71. The lowest BCUT2D eigenvalue weighted by atomic mass is 10.0. The van der Waals surface area contributed by atoms with Gasteiger partial charge in [-0.25, -0.2) is 0 Å². The van der Waals surface area contributed by atoms with Gasteiger partial charge in [0.05, 0.1) is 7.11 Å². The molecule has 3 rings (SSSR count). The van der Waals surface area contributed by atoms with Crippen molar-refractivity contribution in [3.05, 3.63) is 46.6 Å². The second kappa shape index (κ2) is 7.75. The van der Waals surface area contributed by atoms with Gasteiger partial charge in [0.15, 0.2) is 5.82 Å². The molecule has 1 aliphatic rings. The number of aromatic nitrogens is 2. The van der Waals surface area contributed by atoms with Crippen molar-refractivity contribution in [2.75, 3.05) is 25.1 Å². The Balaban J connectivity index is 1.61. The van der Waals surface area contributed by atoms with Gasteiger partial charge in [0.25, 0.3) is 0 Å². The van der Waals surface area contributed by atoms with Gasteiger partial charge < -0.3 is 15.0 Å². The molecule has 0 aliphatic carbocycles. The van der Waals surface area contributed by atoms with Gasteiger partial charge in [-0.2, -0.15) is 5.10 Å². The molecule has 0 amide bonds. The van der Waals surface area contributed by atoms with Crippen LogP contribution >= 0.6 is 15.9 Å². The lowest BCUT2D eigenvalue weighted by molar-refractivity contribution is 0.394. The monoisotopic (exact) mass is 376 g/mol. The number of nitrogens with one attached hydrogen (secondary N) is 1. The summed E-state index contributed by atoms with van der Waals surface area (Å²) in [6.45, 7) is 2.79. The third-order valence-corrected chi connectivity index (χ3v) is 4.62. The Morgan fingerprint density at radius 3 is 3.09 bits per heavy atom. The molecule has 0 bridgehead atoms. The Morgan fingerprint density at radius 2 is 2.30 bits per heavy atom. The molecule has 2 aromatic rings. The zero-order valence-corrected chi connectivity index (χ0v) is 14.8. The number of anilines is 1. The molecule has 2 heterocycles. The average molecular weight is 377 g/mol. The second-order valence-electron chi connectivity index (χ2n) is 5.70. The summed E-state index contributed by atoms with van der Waals surface area (Å²) in [4.78, 5) is 2.30. The van der Waals surface area contributed by atoms with Gasteiger partial charge in [0, 0.05) is 41.9 Å². The summed E-state index contributed by atoms with van der Waals surface area (Å²) < 4.78 is 6.51.